The highest BCUT2D eigenvalue weighted by Gasteiger charge is 2.04. The highest BCUT2D eigenvalue weighted by atomic mass is 19.1. The highest BCUT2D eigenvalue weighted by Crippen LogP contribution is 2.05. The average Bonchev–Trinajstić information content (AvgIpc) is 2.27. The van der Waals surface area contributed by atoms with Crippen molar-refractivity contribution < 1.29 is 9.18 Å². The van der Waals surface area contributed by atoms with Crippen LogP contribution in [0, 0.1) is 11.7 Å². The molecule has 1 amide bonds. The SMILES string of the molecule is CC(C)CNCC(=O)NCc1ccccc1F. The third-order valence-corrected chi connectivity index (χ3v) is 2.27. The lowest BCUT2D eigenvalue weighted by molar-refractivity contribution is -0.120. The van der Waals surface area contributed by atoms with Crippen LogP contribution in [0.3, 0.4) is 0 Å². The molecule has 0 saturated heterocycles. The number of halogens is 1. The molecule has 0 aliphatic carbocycles. The van der Waals surface area contributed by atoms with Gasteiger partial charge in [-0.2, -0.15) is 0 Å². The van der Waals surface area contributed by atoms with Crippen LogP contribution in [0.4, 0.5) is 4.39 Å². The molecule has 0 atom stereocenters. The molecule has 0 unspecified atom stereocenters. The predicted octanol–water partition coefficient (Wildman–Crippen LogP) is 1.69. The molecule has 0 fully saturated rings. The van der Waals surface area contributed by atoms with Crippen LogP contribution in [0.15, 0.2) is 24.3 Å². The molecule has 0 spiro atoms. The van der Waals surface area contributed by atoms with Crippen molar-refractivity contribution >= 4 is 5.91 Å². The third kappa shape index (κ3) is 5.45. The number of nitrogens with one attached hydrogen (secondary N) is 2. The average molecular weight is 238 g/mol. The second-order valence-corrected chi connectivity index (χ2v) is 4.39. The van der Waals surface area contributed by atoms with Crippen molar-refractivity contribution in [3.8, 4) is 0 Å². The summed E-state index contributed by atoms with van der Waals surface area (Å²) in [6.07, 6.45) is 0. The van der Waals surface area contributed by atoms with E-state index in [2.05, 4.69) is 24.5 Å². The van der Waals surface area contributed by atoms with Gasteiger partial charge in [0.15, 0.2) is 0 Å². The normalized spacial score (nSPS) is 10.6. The van der Waals surface area contributed by atoms with E-state index in [0.717, 1.165) is 6.54 Å². The summed E-state index contributed by atoms with van der Waals surface area (Å²) in [6, 6.07) is 6.43. The minimum atomic E-state index is -0.289. The second-order valence-electron chi connectivity index (χ2n) is 4.39. The van der Waals surface area contributed by atoms with Gasteiger partial charge in [-0.3, -0.25) is 4.79 Å². The van der Waals surface area contributed by atoms with Gasteiger partial charge in [-0.15, -0.1) is 0 Å². The minimum Gasteiger partial charge on any atom is -0.351 e. The number of benzene rings is 1. The van der Waals surface area contributed by atoms with Crippen molar-refractivity contribution in [2.24, 2.45) is 5.92 Å². The first-order valence-electron chi connectivity index (χ1n) is 5.80. The number of hydrogen-bond donors (Lipinski definition) is 2. The first-order valence-corrected chi connectivity index (χ1v) is 5.80. The van der Waals surface area contributed by atoms with Crippen LogP contribution in [-0.2, 0) is 11.3 Å². The first-order chi connectivity index (χ1) is 8.09. The molecule has 17 heavy (non-hydrogen) atoms. The highest BCUT2D eigenvalue weighted by molar-refractivity contribution is 5.77. The van der Waals surface area contributed by atoms with Gasteiger partial charge in [-0.05, 0) is 18.5 Å². The molecule has 0 saturated carbocycles. The molecule has 1 aromatic rings. The van der Waals surface area contributed by atoms with E-state index >= 15 is 0 Å². The molecule has 94 valence electrons. The summed E-state index contributed by atoms with van der Waals surface area (Å²) >= 11 is 0. The molecule has 1 aromatic carbocycles. The van der Waals surface area contributed by atoms with Gasteiger partial charge >= 0.3 is 0 Å². The molecule has 0 aliphatic rings. The number of carbonyl (C=O) groups excluding carboxylic acids is 1. The van der Waals surface area contributed by atoms with E-state index in [1.807, 2.05) is 0 Å². The smallest absolute Gasteiger partial charge is 0.234 e. The third-order valence-electron chi connectivity index (χ3n) is 2.27. The molecular weight excluding hydrogens is 219 g/mol. The van der Waals surface area contributed by atoms with Crippen LogP contribution in [0.25, 0.3) is 0 Å². The molecule has 2 N–H and O–H groups in total. The summed E-state index contributed by atoms with van der Waals surface area (Å²) in [4.78, 5) is 11.4. The Labute approximate surface area is 101 Å². The Bertz CT molecular complexity index is 366. The van der Waals surface area contributed by atoms with Crippen LogP contribution >= 0.6 is 0 Å². The van der Waals surface area contributed by atoms with E-state index in [-0.39, 0.29) is 24.8 Å². The van der Waals surface area contributed by atoms with Crippen molar-refractivity contribution in [2.45, 2.75) is 20.4 Å². The van der Waals surface area contributed by atoms with E-state index in [1.54, 1.807) is 18.2 Å². The van der Waals surface area contributed by atoms with Gasteiger partial charge in [0.05, 0.1) is 6.54 Å². The van der Waals surface area contributed by atoms with Crippen molar-refractivity contribution in [1.82, 2.24) is 10.6 Å². The lowest BCUT2D eigenvalue weighted by Crippen LogP contribution is -2.35. The number of carbonyl (C=O) groups is 1. The quantitative estimate of drug-likeness (QED) is 0.792. The summed E-state index contributed by atoms with van der Waals surface area (Å²) in [5, 5.41) is 5.70. The largest absolute Gasteiger partial charge is 0.351 e. The fourth-order valence-corrected chi connectivity index (χ4v) is 1.37. The predicted molar refractivity (Wildman–Crippen MR) is 66.0 cm³/mol. The van der Waals surface area contributed by atoms with Gasteiger partial charge < -0.3 is 10.6 Å². The lowest BCUT2D eigenvalue weighted by atomic mass is 10.2. The zero-order valence-corrected chi connectivity index (χ0v) is 10.3. The fraction of sp³-hybridized carbons (Fsp3) is 0.462. The minimum absolute atomic E-state index is 0.117. The zero-order valence-electron chi connectivity index (χ0n) is 10.3. The number of amides is 1. The molecule has 0 radical (unpaired) electrons. The van der Waals surface area contributed by atoms with Crippen molar-refractivity contribution in [1.29, 1.82) is 0 Å². The van der Waals surface area contributed by atoms with Crippen LogP contribution in [0.2, 0.25) is 0 Å². The summed E-state index contributed by atoms with van der Waals surface area (Å²) in [7, 11) is 0. The van der Waals surface area contributed by atoms with Gasteiger partial charge in [-0.25, -0.2) is 4.39 Å². The Morgan fingerprint density at radius 3 is 2.71 bits per heavy atom. The van der Waals surface area contributed by atoms with Crippen molar-refractivity contribution in [3.05, 3.63) is 35.6 Å². The van der Waals surface area contributed by atoms with Gasteiger partial charge in [0.1, 0.15) is 5.82 Å². The summed E-state index contributed by atoms with van der Waals surface area (Å²) in [5.74, 6) is 0.103. The standard InChI is InChI=1S/C13H19FN2O/c1-10(2)7-15-9-13(17)16-8-11-5-3-4-6-12(11)14/h3-6,10,15H,7-9H2,1-2H3,(H,16,17). The van der Waals surface area contributed by atoms with E-state index in [1.165, 1.54) is 6.07 Å². The van der Waals surface area contributed by atoms with Gasteiger partial charge in [-0.1, -0.05) is 32.0 Å². The molecule has 0 bridgehead atoms. The van der Waals surface area contributed by atoms with Crippen LogP contribution in [0.5, 0.6) is 0 Å². The second kappa shape index (κ2) is 7.01. The maximum atomic E-state index is 13.2. The van der Waals surface area contributed by atoms with Crippen LogP contribution in [0.1, 0.15) is 19.4 Å². The molecule has 0 aliphatic heterocycles. The summed E-state index contributed by atoms with van der Waals surface area (Å²) in [6.45, 7) is 5.45. The van der Waals surface area contributed by atoms with Gasteiger partial charge in [0.2, 0.25) is 5.91 Å². The van der Waals surface area contributed by atoms with E-state index in [4.69, 9.17) is 0 Å². The van der Waals surface area contributed by atoms with E-state index < -0.39 is 0 Å². The molecule has 3 nitrogen and oxygen atoms in total. The maximum absolute atomic E-state index is 13.2. The molecular formula is C13H19FN2O. The van der Waals surface area contributed by atoms with Crippen LogP contribution in [-0.4, -0.2) is 19.0 Å². The Morgan fingerprint density at radius 1 is 1.35 bits per heavy atom. The number of rotatable bonds is 6. The lowest BCUT2D eigenvalue weighted by Gasteiger charge is -2.08. The Morgan fingerprint density at radius 2 is 2.06 bits per heavy atom. The summed E-state index contributed by atoms with van der Waals surface area (Å²) < 4.78 is 13.2. The Kier molecular flexibility index (Phi) is 5.63. The topological polar surface area (TPSA) is 41.1 Å². The molecule has 1 rings (SSSR count). The van der Waals surface area contributed by atoms with Crippen LogP contribution < -0.4 is 10.6 Å². The monoisotopic (exact) mass is 238 g/mol. The zero-order chi connectivity index (χ0) is 12.7. The fourth-order valence-electron chi connectivity index (χ4n) is 1.37. The Balaban J connectivity index is 2.26. The number of hydrogen-bond acceptors (Lipinski definition) is 2. The molecule has 0 heterocycles. The van der Waals surface area contributed by atoms with E-state index in [9.17, 15) is 9.18 Å². The van der Waals surface area contributed by atoms with E-state index in [0.29, 0.717) is 11.5 Å². The van der Waals surface area contributed by atoms with Gasteiger partial charge in [0, 0.05) is 12.1 Å². The van der Waals surface area contributed by atoms with Crippen molar-refractivity contribution in [3.63, 3.8) is 0 Å². The van der Waals surface area contributed by atoms with Gasteiger partial charge in [0.25, 0.3) is 0 Å². The summed E-state index contributed by atoms with van der Waals surface area (Å²) in [5.41, 5.74) is 0.504. The maximum Gasteiger partial charge on any atom is 0.234 e. The van der Waals surface area contributed by atoms with Crippen molar-refractivity contribution in [2.75, 3.05) is 13.1 Å². The molecule has 0 aromatic heterocycles. The Hall–Kier alpha value is -1.42. The first kappa shape index (κ1) is 13.6. The molecule has 4 heteroatoms.